The summed E-state index contributed by atoms with van der Waals surface area (Å²) in [5.41, 5.74) is 6.59. The van der Waals surface area contributed by atoms with Gasteiger partial charge in [-0.1, -0.05) is 72.3 Å². The summed E-state index contributed by atoms with van der Waals surface area (Å²) in [6, 6.07) is 33.1. The summed E-state index contributed by atoms with van der Waals surface area (Å²) in [4.78, 5) is 11.9. The van der Waals surface area contributed by atoms with Crippen molar-refractivity contribution < 1.29 is 22.7 Å². The summed E-state index contributed by atoms with van der Waals surface area (Å²) in [5, 5.41) is 5.80. The Bertz CT molecular complexity index is 2130. The summed E-state index contributed by atoms with van der Waals surface area (Å²) < 4.78 is 44.1. The lowest BCUT2D eigenvalue weighted by molar-refractivity contribution is 0.0600. The van der Waals surface area contributed by atoms with Crippen LogP contribution in [0, 0.1) is 6.92 Å². The molecule has 0 atom stereocenters. The van der Waals surface area contributed by atoms with Crippen LogP contribution in [0.5, 0.6) is 5.75 Å². The zero-order valence-corrected chi connectivity index (χ0v) is 29.5. The summed E-state index contributed by atoms with van der Waals surface area (Å²) in [7, 11) is -2.24. The van der Waals surface area contributed by atoms with Crippen molar-refractivity contribution in [1.82, 2.24) is 19.1 Å². The van der Waals surface area contributed by atoms with Crippen molar-refractivity contribution in [3.63, 3.8) is 0 Å². The quantitative estimate of drug-likeness (QED) is 0.115. The fourth-order valence-electron chi connectivity index (χ4n) is 6.29. The Morgan fingerprint density at radius 1 is 0.920 bits per heavy atom. The molecule has 4 aromatic carbocycles. The van der Waals surface area contributed by atoms with Gasteiger partial charge in [0.1, 0.15) is 5.75 Å². The molecule has 0 aliphatic heterocycles. The second-order valence-corrected chi connectivity index (χ2v) is 14.4. The highest BCUT2D eigenvalue weighted by molar-refractivity contribution is 7.89. The number of fused-ring (bicyclic) bond motifs is 1. The fourth-order valence-corrected chi connectivity index (χ4v) is 7.45. The molecule has 11 heteroatoms. The highest BCUT2D eigenvalue weighted by Crippen LogP contribution is 2.37. The highest BCUT2D eigenvalue weighted by Gasteiger charge is 2.26. The molecular weight excluding hydrogens is 672 g/mol. The molecule has 0 unspecified atom stereocenters. The van der Waals surface area contributed by atoms with Crippen LogP contribution in [0.3, 0.4) is 0 Å². The maximum absolute atomic E-state index is 13.2. The van der Waals surface area contributed by atoms with Gasteiger partial charge in [-0.05, 0) is 71.6 Å². The van der Waals surface area contributed by atoms with Crippen LogP contribution in [0.25, 0.3) is 10.9 Å². The predicted molar refractivity (Wildman–Crippen MR) is 197 cm³/mol. The number of nitrogens with zero attached hydrogens (tertiary/aromatic N) is 3. The molecule has 6 aromatic rings. The SMILES string of the molecule is COC(=O)c1ccc(OCCc2c(CCNS(=O)(=O)CCn3cc(C)cn3)n(C(c3ccccc3)c3ccccc3)c3ccc(Cl)cc23)cc1. The fraction of sp³-hybridized carbons (Fsp3) is 0.231. The first-order valence-corrected chi connectivity index (χ1v) is 18.4. The van der Waals surface area contributed by atoms with Gasteiger partial charge in [-0.25, -0.2) is 17.9 Å². The lowest BCUT2D eigenvalue weighted by atomic mass is 9.97. The Morgan fingerprint density at radius 3 is 2.22 bits per heavy atom. The number of ether oxygens (including phenoxy) is 2. The van der Waals surface area contributed by atoms with E-state index in [1.165, 1.54) is 7.11 Å². The molecule has 9 nitrogen and oxygen atoms in total. The Morgan fingerprint density at radius 2 is 1.60 bits per heavy atom. The number of carbonyl (C=O) groups excluding carboxylic acids is 1. The van der Waals surface area contributed by atoms with E-state index < -0.39 is 16.0 Å². The number of aromatic nitrogens is 3. The average molecular weight is 711 g/mol. The standard InChI is InChI=1S/C39H39ClN4O5S/c1-28-26-41-43(27-28)22-24-50(46,47)42-21-19-37-34(20-23-49-33-16-13-31(14-17-33)39(45)48-2)35-25-32(40)15-18-36(35)44(37)38(29-9-5-3-6-10-29)30-11-7-4-8-12-30/h3-18,25-27,38,42H,19-24H2,1-2H3. The topological polar surface area (TPSA) is 104 Å². The van der Waals surface area contributed by atoms with Gasteiger partial charge in [-0.3, -0.25) is 4.68 Å². The van der Waals surface area contributed by atoms with E-state index in [1.54, 1.807) is 35.1 Å². The summed E-state index contributed by atoms with van der Waals surface area (Å²) in [5.74, 6) is 0.121. The maximum atomic E-state index is 13.2. The van der Waals surface area contributed by atoms with Crippen molar-refractivity contribution >= 4 is 38.5 Å². The smallest absolute Gasteiger partial charge is 0.337 e. The number of sulfonamides is 1. The molecule has 0 spiro atoms. The van der Waals surface area contributed by atoms with Crippen LogP contribution < -0.4 is 9.46 Å². The van der Waals surface area contributed by atoms with Gasteiger partial charge in [0, 0.05) is 47.2 Å². The zero-order valence-electron chi connectivity index (χ0n) is 28.0. The first-order valence-electron chi connectivity index (χ1n) is 16.4. The van der Waals surface area contributed by atoms with Crippen LogP contribution in [-0.4, -0.2) is 54.7 Å². The van der Waals surface area contributed by atoms with Gasteiger partial charge in [0.05, 0.1) is 43.8 Å². The monoisotopic (exact) mass is 710 g/mol. The predicted octanol–water partition coefficient (Wildman–Crippen LogP) is 7.01. The minimum absolute atomic E-state index is 0.0845. The first-order chi connectivity index (χ1) is 24.2. The highest BCUT2D eigenvalue weighted by atomic mass is 35.5. The molecule has 0 saturated carbocycles. The number of aryl methyl sites for hydroxylation is 2. The molecule has 0 fully saturated rings. The molecule has 0 radical (unpaired) electrons. The number of methoxy groups -OCH3 is 1. The summed E-state index contributed by atoms with van der Waals surface area (Å²) in [6.45, 7) is 2.72. The number of nitrogens with one attached hydrogen (secondary N) is 1. The van der Waals surface area contributed by atoms with Gasteiger partial charge in [0.25, 0.3) is 0 Å². The molecule has 258 valence electrons. The van der Waals surface area contributed by atoms with Crippen LogP contribution >= 0.6 is 11.6 Å². The average Bonchev–Trinajstić information content (AvgIpc) is 3.68. The van der Waals surface area contributed by atoms with Gasteiger partial charge in [0.2, 0.25) is 10.0 Å². The largest absolute Gasteiger partial charge is 0.493 e. The van der Waals surface area contributed by atoms with Gasteiger partial charge in [-0.2, -0.15) is 5.10 Å². The van der Waals surface area contributed by atoms with E-state index >= 15 is 0 Å². The normalized spacial score (nSPS) is 11.7. The molecule has 2 aromatic heterocycles. The third-order valence-electron chi connectivity index (χ3n) is 8.60. The second kappa shape index (κ2) is 15.8. The third kappa shape index (κ3) is 8.27. The van der Waals surface area contributed by atoms with Gasteiger partial charge in [0.15, 0.2) is 0 Å². The van der Waals surface area contributed by atoms with Gasteiger partial charge in [-0.15, -0.1) is 0 Å². The Hall–Kier alpha value is -4.90. The van der Waals surface area contributed by atoms with E-state index in [-0.39, 0.29) is 24.9 Å². The number of benzene rings is 4. The molecule has 50 heavy (non-hydrogen) atoms. The molecule has 1 N–H and O–H groups in total. The maximum Gasteiger partial charge on any atom is 0.337 e. The Kier molecular flexibility index (Phi) is 11.0. The lowest BCUT2D eigenvalue weighted by Gasteiger charge is -2.25. The number of esters is 1. The van der Waals surface area contributed by atoms with Gasteiger partial charge < -0.3 is 14.0 Å². The number of rotatable bonds is 15. The molecule has 2 heterocycles. The number of carbonyl (C=O) groups is 1. The van der Waals surface area contributed by atoms with E-state index in [2.05, 4.69) is 38.7 Å². The van der Waals surface area contributed by atoms with Crippen LogP contribution in [0.15, 0.2) is 116 Å². The molecule has 0 aliphatic carbocycles. The number of halogens is 1. The van der Waals surface area contributed by atoms with E-state index in [1.807, 2.05) is 67.7 Å². The third-order valence-corrected chi connectivity index (χ3v) is 10.2. The number of hydrogen-bond acceptors (Lipinski definition) is 6. The lowest BCUT2D eigenvalue weighted by Crippen LogP contribution is -2.31. The number of hydrogen-bond donors (Lipinski definition) is 1. The van der Waals surface area contributed by atoms with E-state index in [9.17, 15) is 13.2 Å². The van der Waals surface area contributed by atoms with Crippen LogP contribution in [0.1, 0.15) is 44.3 Å². The van der Waals surface area contributed by atoms with E-state index in [0.29, 0.717) is 35.8 Å². The van der Waals surface area contributed by atoms with Crippen LogP contribution in [0.2, 0.25) is 5.02 Å². The summed E-state index contributed by atoms with van der Waals surface area (Å²) in [6.07, 6.45) is 4.49. The minimum atomic E-state index is -3.59. The molecular formula is C39H39ClN4O5S. The van der Waals surface area contributed by atoms with Crippen molar-refractivity contribution in [3.8, 4) is 5.75 Å². The Balaban J connectivity index is 1.36. The van der Waals surface area contributed by atoms with E-state index in [0.717, 1.165) is 38.9 Å². The second-order valence-electron chi connectivity index (χ2n) is 12.0. The molecule has 6 rings (SSSR count). The Labute approximate surface area is 297 Å². The molecule has 0 aliphatic rings. The molecule has 0 bridgehead atoms. The van der Waals surface area contributed by atoms with E-state index in [4.69, 9.17) is 21.1 Å². The zero-order chi connectivity index (χ0) is 35.1. The van der Waals surface area contributed by atoms with Crippen molar-refractivity contribution in [1.29, 1.82) is 0 Å². The summed E-state index contributed by atoms with van der Waals surface area (Å²) >= 11 is 6.62. The van der Waals surface area contributed by atoms with Crippen molar-refractivity contribution in [2.45, 2.75) is 32.4 Å². The van der Waals surface area contributed by atoms with Crippen LogP contribution in [-0.2, 0) is 34.1 Å². The molecule has 0 amide bonds. The minimum Gasteiger partial charge on any atom is -0.493 e. The molecule has 0 saturated heterocycles. The van der Waals surface area contributed by atoms with Gasteiger partial charge >= 0.3 is 5.97 Å². The van der Waals surface area contributed by atoms with Crippen molar-refractivity contribution in [2.75, 3.05) is 26.0 Å². The van der Waals surface area contributed by atoms with Crippen LogP contribution in [0.4, 0.5) is 0 Å². The van der Waals surface area contributed by atoms with Crippen molar-refractivity contribution in [3.05, 3.63) is 154 Å². The van der Waals surface area contributed by atoms with Crippen molar-refractivity contribution in [2.24, 2.45) is 0 Å². The first kappa shape index (κ1) is 34.9.